The molecule has 0 N–H and O–H groups in total. The van der Waals surface area contributed by atoms with E-state index in [1.54, 1.807) is 0 Å². The minimum atomic E-state index is -0.345. The van der Waals surface area contributed by atoms with Crippen LogP contribution in [0.4, 0.5) is 0 Å². The Bertz CT molecular complexity index is 446. The zero-order valence-electron chi connectivity index (χ0n) is 11.8. The molecule has 0 aromatic carbocycles. The zero-order chi connectivity index (χ0) is 13.8. The smallest absolute Gasteiger partial charge is 0.164 e. The van der Waals surface area contributed by atoms with Crippen molar-refractivity contribution in [1.82, 2.24) is 9.78 Å². The number of carbonyl (C=O) groups excluding carboxylic acids is 1. The molecule has 1 aromatic rings. The van der Waals surface area contributed by atoms with Gasteiger partial charge < -0.3 is 9.47 Å². The highest BCUT2D eigenvalue weighted by Gasteiger charge is 2.21. The van der Waals surface area contributed by atoms with Gasteiger partial charge in [-0.3, -0.25) is 9.48 Å². The van der Waals surface area contributed by atoms with Crippen LogP contribution in [0.5, 0.6) is 0 Å². The Hall–Kier alpha value is -1.20. The Balaban J connectivity index is 1.52. The van der Waals surface area contributed by atoms with Crippen molar-refractivity contribution in [3.05, 3.63) is 18.0 Å². The fraction of sp³-hybridized carbons (Fsp3) is 0.733. The fourth-order valence-electron chi connectivity index (χ4n) is 3.01. The normalized spacial score (nSPS) is 21.4. The van der Waals surface area contributed by atoms with E-state index in [-0.39, 0.29) is 12.1 Å². The molecule has 1 saturated heterocycles. The average molecular weight is 278 g/mol. The number of hydrogen-bond acceptors (Lipinski definition) is 4. The molecule has 5 nitrogen and oxygen atoms in total. The first-order valence-electron chi connectivity index (χ1n) is 7.60. The van der Waals surface area contributed by atoms with E-state index < -0.39 is 0 Å². The molecule has 0 radical (unpaired) electrons. The summed E-state index contributed by atoms with van der Waals surface area (Å²) in [5.74, 6) is 0.130. The van der Waals surface area contributed by atoms with E-state index >= 15 is 0 Å². The van der Waals surface area contributed by atoms with Crippen molar-refractivity contribution >= 4 is 5.78 Å². The molecule has 2 fully saturated rings. The van der Waals surface area contributed by atoms with Crippen LogP contribution in [-0.2, 0) is 20.7 Å². The summed E-state index contributed by atoms with van der Waals surface area (Å²) in [6.45, 7) is 1.18. The minimum absolute atomic E-state index is 0.130. The van der Waals surface area contributed by atoms with Gasteiger partial charge >= 0.3 is 0 Å². The number of aromatic nitrogens is 2. The second kappa shape index (κ2) is 6.50. The first-order valence-corrected chi connectivity index (χ1v) is 7.60. The topological polar surface area (TPSA) is 53.4 Å². The predicted octanol–water partition coefficient (Wildman–Crippen LogP) is 2.26. The SMILES string of the molecule is O=C(Cc1ccn(C2CCCCC2)n1)CC1OCCO1. The van der Waals surface area contributed by atoms with Crippen molar-refractivity contribution in [3.8, 4) is 0 Å². The summed E-state index contributed by atoms with van der Waals surface area (Å²) in [5.41, 5.74) is 0.860. The lowest BCUT2D eigenvalue weighted by molar-refractivity contribution is -0.126. The summed E-state index contributed by atoms with van der Waals surface area (Å²) in [6.07, 6.45) is 8.70. The molecule has 0 spiro atoms. The Morgan fingerprint density at radius 1 is 1.25 bits per heavy atom. The van der Waals surface area contributed by atoms with Gasteiger partial charge in [0.15, 0.2) is 6.29 Å². The van der Waals surface area contributed by atoms with Crippen LogP contribution in [0.3, 0.4) is 0 Å². The molecule has 3 rings (SSSR count). The predicted molar refractivity (Wildman–Crippen MR) is 73.4 cm³/mol. The molecule has 0 bridgehead atoms. The molecule has 0 amide bonds. The van der Waals surface area contributed by atoms with Crippen LogP contribution in [0, 0.1) is 0 Å². The van der Waals surface area contributed by atoms with Crippen LogP contribution in [0.2, 0.25) is 0 Å². The minimum Gasteiger partial charge on any atom is -0.350 e. The van der Waals surface area contributed by atoms with E-state index in [0.29, 0.717) is 32.1 Å². The second-order valence-corrected chi connectivity index (χ2v) is 5.67. The Morgan fingerprint density at radius 3 is 2.75 bits per heavy atom. The van der Waals surface area contributed by atoms with Gasteiger partial charge in [0.05, 0.1) is 37.8 Å². The third kappa shape index (κ3) is 3.46. The maximum absolute atomic E-state index is 11.9. The van der Waals surface area contributed by atoms with Crippen LogP contribution in [0.25, 0.3) is 0 Å². The highest BCUT2D eigenvalue weighted by Crippen LogP contribution is 2.27. The number of ketones is 1. The molecule has 5 heteroatoms. The van der Waals surface area contributed by atoms with Gasteiger partial charge in [-0.2, -0.15) is 5.10 Å². The molecule has 1 aliphatic heterocycles. The molecule has 2 heterocycles. The molecule has 1 aliphatic carbocycles. The highest BCUT2D eigenvalue weighted by atomic mass is 16.7. The molecular formula is C15H22N2O3. The molecule has 1 saturated carbocycles. The zero-order valence-corrected chi connectivity index (χ0v) is 11.8. The van der Waals surface area contributed by atoms with Crippen LogP contribution < -0.4 is 0 Å². The van der Waals surface area contributed by atoms with Crippen LogP contribution >= 0.6 is 0 Å². The van der Waals surface area contributed by atoms with Gasteiger partial charge in [-0.25, -0.2) is 0 Å². The maximum atomic E-state index is 11.9. The Labute approximate surface area is 119 Å². The second-order valence-electron chi connectivity index (χ2n) is 5.67. The Kier molecular flexibility index (Phi) is 4.47. The summed E-state index contributed by atoms with van der Waals surface area (Å²) in [7, 11) is 0. The van der Waals surface area contributed by atoms with Crippen LogP contribution in [0.15, 0.2) is 12.3 Å². The molecule has 2 aliphatic rings. The van der Waals surface area contributed by atoms with Gasteiger partial charge in [0.25, 0.3) is 0 Å². The van der Waals surface area contributed by atoms with Crippen molar-refractivity contribution in [2.75, 3.05) is 13.2 Å². The van der Waals surface area contributed by atoms with E-state index in [9.17, 15) is 4.79 Å². The number of nitrogens with zero attached hydrogens (tertiary/aromatic N) is 2. The molecule has 20 heavy (non-hydrogen) atoms. The van der Waals surface area contributed by atoms with Gasteiger partial charge in [0.1, 0.15) is 5.78 Å². The maximum Gasteiger partial charge on any atom is 0.164 e. The van der Waals surface area contributed by atoms with Gasteiger partial charge in [-0.15, -0.1) is 0 Å². The quantitative estimate of drug-likeness (QED) is 0.829. The molecule has 110 valence electrons. The first-order chi connectivity index (χ1) is 9.81. The summed E-state index contributed by atoms with van der Waals surface area (Å²) in [5, 5.41) is 4.56. The number of hydrogen-bond donors (Lipinski definition) is 0. The summed E-state index contributed by atoms with van der Waals surface area (Å²) >= 11 is 0. The van der Waals surface area contributed by atoms with Gasteiger partial charge in [-0.1, -0.05) is 19.3 Å². The van der Waals surface area contributed by atoms with Crippen molar-refractivity contribution in [1.29, 1.82) is 0 Å². The largest absolute Gasteiger partial charge is 0.350 e. The van der Waals surface area contributed by atoms with E-state index in [4.69, 9.17) is 9.47 Å². The highest BCUT2D eigenvalue weighted by molar-refractivity contribution is 5.80. The van der Waals surface area contributed by atoms with Crippen LogP contribution in [-0.4, -0.2) is 35.1 Å². The van der Waals surface area contributed by atoms with E-state index in [1.165, 1.54) is 32.1 Å². The van der Waals surface area contributed by atoms with Crippen molar-refractivity contribution < 1.29 is 14.3 Å². The summed E-state index contributed by atoms with van der Waals surface area (Å²) in [6, 6.07) is 2.48. The average Bonchev–Trinajstić information content (AvgIpc) is 3.11. The van der Waals surface area contributed by atoms with E-state index in [0.717, 1.165) is 5.69 Å². The number of Topliss-reactive ketones (excluding diaryl/α,β-unsaturated/α-hetero) is 1. The molecule has 0 atom stereocenters. The van der Waals surface area contributed by atoms with Crippen molar-refractivity contribution in [3.63, 3.8) is 0 Å². The lowest BCUT2D eigenvalue weighted by atomic mass is 9.96. The molecule has 0 unspecified atom stereocenters. The fourth-order valence-corrected chi connectivity index (χ4v) is 3.01. The van der Waals surface area contributed by atoms with Gasteiger partial charge in [-0.05, 0) is 18.9 Å². The number of ether oxygens (including phenoxy) is 2. The number of carbonyl (C=O) groups is 1. The number of rotatable bonds is 5. The monoisotopic (exact) mass is 278 g/mol. The third-order valence-corrected chi connectivity index (χ3v) is 4.08. The standard InChI is InChI=1S/C15H22N2O3/c18-14(11-15-19-8-9-20-15)10-12-6-7-17(16-12)13-4-2-1-3-5-13/h6-7,13,15H,1-5,8-11H2. The Morgan fingerprint density at radius 2 is 2.00 bits per heavy atom. The first kappa shape index (κ1) is 13.8. The van der Waals surface area contributed by atoms with Crippen molar-refractivity contribution in [2.24, 2.45) is 0 Å². The third-order valence-electron chi connectivity index (χ3n) is 4.08. The summed E-state index contributed by atoms with van der Waals surface area (Å²) < 4.78 is 12.6. The van der Waals surface area contributed by atoms with Crippen LogP contribution in [0.1, 0.15) is 50.3 Å². The lowest BCUT2D eigenvalue weighted by Gasteiger charge is -2.21. The summed E-state index contributed by atoms with van der Waals surface area (Å²) in [4.78, 5) is 11.9. The molecule has 1 aromatic heterocycles. The van der Waals surface area contributed by atoms with Gasteiger partial charge in [0, 0.05) is 6.20 Å². The van der Waals surface area contributed by atoms with E-state index in [1.807, 2.05) is 16.9 Å². The lowest BCUT2D eigenvalue weighted by Crippen LogP contribution is -2.17. The van der Waals surface area contributed by atoms with Crippen molar-refractivity contribution in [2.45, 2.75) is 57.3 Å². The van der Waals surface area contributed by atoms with E-state index in [2.05, 4.69) is 5.10 Å². The molecular weight excluding hydrogens is 256 g/mol. The van der Waals surface area contributed by atoms with Gasteiger partial charge in [0.2, 0.25) is 0 Å².